The molecule has 0 atom stereocenters. The molecular weight excluding hydrogens is 282 g/mol. The minimum absolute atomic E-state index is 0.0285. The van der Waals surface area contributed by atoms with Crippen LogP contribution in [0.5, 0.6) is 0 Å². The number of hydrogen-bond donors (Lipinski definition) is 0. The van der Waals surface area contributed by atoms with Crippen molar-refractivity contribution in [1.82, 2.24) is 9.21 Å². The van der Waals surface area contributed by atoms with E-state index in [1.54, 1.807) is 20.8 Å². The zero-order chi connectivity index (χ0) is 15.2. The molecule has 3 fully saturated rings. The minimum Gasteiger partial charge on any atom is -0.443 e. The van der Waals surface area contributed by atoms with E-state index in [0.717, 1.165) is 23.9 Å². The number of rotatable bonds is 2. The van der Waals surface area contributed by atoms with Gasteiger partial charge in [-0.25, -0.2) is 4.79 Å². The molecule has 7 nitrogen and oxygen atoms in total. The topological polar surface area (TPSA) is 66.9 Å². The first-order valence-electron chi connectivity index (χ1n) is 6.88. The summed E-state index contributed by atoms with van der Waals surface area (Å²) >= 11 is 0. The van der Waals surface area contributed by atoms with Gasteiger partial charge in [0.2, 0.25) is 0 Å². The van der Waals surface area contributed by atoms with Crippen LogP contribution < -0.4 is 0 Å². The first kappa shape index (κ1) is 15.5. The van der Waals surface area contributed by atoms with Crippen LogP contribution >= 0.6 is 0 Å². The van der Waals surface area contributed by atoms with E-state index in [0.29, 0.717) is 19.6 Å². The summed E-state index contributed by atoms with van der Waals surface area (Å²) in [7, 11) is -2.45. The van der Waals surface area contributed by atoms with Gasteiger partial charge in [-0.3, -0.25) is 4.90 Å². The van der Waals surface area contributed by atoms with Crippen LogP contribution in [0.2, 0.25) is 0 Å². The molecule has 3 saturated heterocycles. The third-order valence-corrected chi connectivity index (χ3v) is 6.33. The maximum atomic E-state index is 12.8. The summed E-state index contributed by atoms with van der Waals surface area (Å²) in [5, 5.41) is 0. The second kappa shape index (κ2) is 4.85. The van der Waals surface area contributed by atoms with Gasteiger partial charge in [0.1, 0.15) is 25.2 Å². The van der Waals surface area contributed by atoms with Crippen molar-refractivity contribution in [1.29, 1.82) is 0 Å². The average molecular weight is 306 g/mol. The fourth-order valence-corrected chi connectivity index (χ4v) is 4.35. The molecule has 0 aromatic carbocycles. The molecule has 116 valence electrons. The SMILES string of the molecule is CN(C(=O)OC(C)(C)C)S(=O)(=O)[N+]12CCN(CC1)CC2. The summed E-state index contributed by atoms with van der Waals surface area (Å²) in [6.07, 6.45) is -0.807. The van der Waals surface area contributed by atoms with Crippen LogP contribution in [0.15, 0.2) is 0 Å². The summed E-state index contributed by atoms with van der Waals surface area (Å²) in [6, 6.07) is 0. The first-order chi connectivity index (χ1) is 9.07. The van der Waals surface area contributed by atoms with E-state index in [-0.39, 0.29) is 3.89 Å². The standard InChI is InChI=1S/C12H24N3O4S/c1-12(2,3)19-11(16)13(4)20(17,18)15-8-5-14(6-9-15)7-10-15/h5-10H2,1-4H3/q+1. The summed E-state index contributed by atoms with van der Waals surface area (Å²) < 4.78 is 31.5. The highest BCUT2D eigenvalue weighted by Gasteiger charge is 2.52. The fraction of sp³-hybridized carbons (Fsp3) is 0.917. The van der Waals surface area contributed by atoms with Crippen LogP contribution in [0.1, 0.15) is 20.8 Å². The normalized spacial score (nSPS) is 30.1. The largest absolute Gasteiger partial charge is 0.443 e. The van der Waals surface area contributed by atoms with Crippen molar-refractivity contribution in [3.63, 3.8) is 0 Å². The zero-order valence-corrected chi connectivity index (χ0v) is 13.4. The first-order valence-corrected chi connectivity index (χ1v) is 8.28. The molecule has 0 spiro atoms. The lowest BCUT2D eigenvalue weighted by atomic mass is 10.2. The number of quaternary nitrogens is 1. The van der Waals surface area contributed by atoms with E-state index in [1.165, 1.54) is 7.05 Å². The quantitative estimate of drug-likeness (QED) is 0.684. The van der Waals surface area contributed by atoms with Crippen molar-refractivity contribution in [2.45, 2.75) is 26.4 Å². The highest BCUT2D eigenvalue weighted by atomic mass is 32.2. The number of hydrogen-bond acceptors (Lipinski definition) is 5. The zero-order valence-electron chi connectivity index (χ0n) is 12.6. The Labute approximate surface area is 120 Å². The second-order valence-electron chi connectivity index (χ2n) is 6.50. The highest BCUT2D eigenvalue weighted by Crippen LogP contribution is 2.27. The van der Waals surface area contributed by atoms with Gasteiger partial charge in [-0.05, 0) is 20.8 Å². The Morgan fingerprint density at radius 3 is 2.00 bits per heavy atom. The second-order valence-corrected chi connectivity index (χ2v) is 8.71. The Hall–Kier alpha value is -0.860. The maximum absolute atomic E-state index is 12.8. The van der Waals surface area contributed by atoms with Crippen molar-refractivity contribution < 1.29 is 21.8 Å². The fourth-order valence-electron chi connectivity index (χ4n) is 2.67. The van der Waals surface area contributed by atoms with E-state index in [4.69, 9.17) is 4.74 Å². The Balaban J connectivity index is 2.19. The van der Waals surface area contributed by atoms with E-state index in [2.05, 4.69) is 4.90 Å². The number of carbonyl (C=O) groups is 1. The van der Waals surface area contributed by atoms with Gasteiger partial charge in [0.15, 0.2) is 0 Å². The summed E-state index contributed by atoms with van der Waals surface area (Å²) in [5.74, 6) is 0. The molecule has 0 aliphatic carbocycles. The molecule has 0 N–H and O–H groups in total. The monoisotopic (exact) mass is 306 g/mol. The molecule has 1 amide bonds. The molecule has 0 saturated carbocycles. The third kappa shape index (κ3) is 2.64. The van der Waals surface area contributed by atoms with Crippen LogP contribution in [0, 0.1) is 0 Å². The predicted octanol–water partition coefficient (Wildman–Crippen LogP) is 0.244. The summed E-state index contributed by atoms with van der Waals surface area (Å²) in [4.78, 5) is 14.3. The minimum atomic E-state index is -3.74. The number of piperazine rings is 3. The number of fused-ring (bicyclic) bond motifs is 3. The summed E-state index contributed by atoms with van der Waals surface area (Å²) in [6.45, 7) is 9.07. The molecule has 3 rings (SSSR count). The lowest BCUT2D eigenvalue weighted by Crippen LogP contribution is -2.71. The molecule has 0 aromatic rings. The molecule has 8 heteroatoms. The van der Waals surface area contributed by atoms with Crippen LogP contribution in [0.4, 0.5) is 4.79 Å². The molecule has 2 bridgehead atoms. The van der Waals surface area contributed by atoms with Crippen LogP contribution in [0.3, 0.4) is 0 Å². The molecule has 20 heavy (non-hydrogen) atoms. The van der Waals surface area contributed by atoms with Gasteiger partial charge in [-0.1, -0.05) is 0 Å². The average Bonchev–Trinajstić information content (AvgIpc) is 2.37. The van der Waals surface area contributed by atoms with Crippen LogP contribution in [0.25, 0.3) is 0 Å². The Kier molecular flexibility index (Phi) is 3.77. The van der Waals surface area contributed by atoms with Crippen molar-refractivity contribution in [2.75, 3.05) is 46.3 Å². The molecule has 0 radical (unpaired) electrons. The van der Waals surface area contributed by atoms with Gasteiger partial charge in [-0.2, -0.15) is 16.6 Å². The maximum Gasteiger partial charge on any atom is 0.428 e. The van der Waals surface area contributed by atoms with Crippen LogP contribution in [-0.2, 0) is 14.9 Å². The van der Waals surface area contributed by atoms with E-state index in [9.17, 15) is 13.2 Å². The van der Waals surface area contributed by atoms with Crippen LogP contribution in [-0.4, -0.2) is 79.5 Å². The molecular formula is C12H24N3O4S+. The van der Waals surface area contributed by atoms with E-state index < -0.39 is 21.9 Å². The lowest BCUT2D eigenvalue weighted by Gasteiger charge is -2.49. The molecule has 0 aromatic heterocycles. The third-order valence-electron chi connectivity index (χ3n) is 3.96. The van der Waals surface area contributed by atoms with Gasteiger partial charge in [-0.15, -0.1) is 0 Å². The van der Waals surface area contributed by atoms with Gasteiger partial charge in [0.25, 0.3) is 0 Å². The smallest absolute Gasteiger partial charge is 0.428 e. The predicted molar refractivity (Wildman–Crippen MR) is 74.2 cm³/mol. The molecule has 3 heterocycles. The van der Waals surface area contributed by atoms with Gasteiger partial charge < -0.3 is 4.74 Å². The van der Waals surface area contributed by atoms with Gasteiger partial charge in [0.05, 0.1) is 0 Å². The summed E-state index contributed by atoms with van der Waals surface area (Å²) in [5.41, 5.74) is -0.707. The Morgan fingerprint density at radius 2 is 1.60 bits per heavy atom. The van der Waals surface area contributed by atoms with E-state index in [1.807, 2.05) is 0 Å². The van der Waals surface area contributed by atoms with Crippen molar-refractivity contribution in [2.24, 2.45) is 0 Å². The Bertz CT molecular complexity index is 476. The number of nitrogens with zero attached hydrogens (tertiary/aromatic N) is 3. The van der Waals surface area contributed by atoms with Gasteiger partial charge >= 0.3 is 16.3 Å². The highest BCUT2D eigenvalue weighted by molar-refractivity contribution is 7.84. The van der Waals surface area contributed by atoms with Crippen molar-refractivity contribution >= 4 is 16.3 Å². The molecule has 0 unspecified atom stereocenters. The number of ether oxygens (including phenoxy) is 1. The van der Waals surface area contributed by atoms with Crippen molar-refractivity contribution in [3.8, 4) is 0 Å². The lowest BCUT2D eigenvalue weighted by molar-refractivity contribution is -0.825. The van der Waals surface area contributed by atoms with Gasteiger partial charge in [0, 0.05) is 26.7 Å². The molecule has 3 aliphatic heterocycles. The van der Waals surface area contributed by atoms with Crippen molar-refractivity contribution in [3.05, 3.63) is 0 Å². The molecule has 3 aliphatic rings. The number of amides is 1. The Morgan fingerprint density at radius 1 is 1.15 bits per heavy atom. The van der Waals surface area contributed by atoms with E-state index >= 15 is 0 Å². The number of carbonyl (C=O) groups excluding carboxylic acids is 1.